The van der Waals surface area contributed by atoms with Gasteiger partial charge in [-0.3, -0.25) is 0 Å². The predicted octanol–water partition coefficient (Wildman–Crippen LogP) is 2.92. The third-order valence-electron chi connectivity index (χ3n) is 3.46. The van der Waals surface area contributed by atoms with E-state index in [1.54, 1.807) is 22.7 Å². The highest BCUT2D eigenvalue weighted by molar-refractivity contribution is 9.10. The fourth-order valence-electron chi connectivity index (χ4n) is 2.15. The van der Waals surface area contributed by atoms with E-state index in [4.69, 9.17) is 0 Å². The summed E-state index contributed by atoms with van der Waals surface area (Å²) in [7, 11) is -1.66. The van der Waals surface area contributed by atoms with Crippen LogP contribution in [0, 0.1) is 5.92 Å². The van der Waals surface area contributed by atoms with Crippen molar-refractivity contribution in [2.24, 2.45) is 5.92 Å². The molecule has 1 aliphatic rings. The van der Waals surface area contributed by atoms with Crippen LogP contribution < -0.4 is 0 Å². The van der Waals surface area contributed by atoms with Crippen LogP contribution in [0.4, 0.5) is 0 Å². The molecular weight excluding hydrogens is 348 g/mol. The molecule has 0 spiro atoms. The van der Waals surface area contributed by atoms with Gasteiger partial charge in [0, 0.05) is 41.4 Å². The van der Waals surface area contributed by atoms with Gasteiger partial charge in [-0.05, 0) is 40.8 Å². The largest absolute Gasteiger partial charge is 0.282 e. The Kier molecular flexibility index (Phi) is 5.05. The van der Waals surface area contributed by atoms with Gasteiger partial charge in [-0.2, -0.15) is 17.0 Å². The second-order valence-electron chi connectivity index (χ2n) is 5.08. The van der Waals surface area contributed by atoms with Crippen molar-refractivity contribution in [2.45, 2.75) is 26.3 Å². The van der Waals surface area contributed by atoms with Crippen LogP contribution in [0.3, 0.4) is 0 Å². The average molecular weight is 367 g/mol. The summed E-state index contributed by atoms with van der Waals surface area (Å²) in [4.78, 5) is 1.04. The molecule has 0 amide bonds. The van der Waals surface area contributed by atoms with E-state index in [1.807, 2.05) is 11.4 Å². The molecule has 0 unspecified atom stereocenters. The number of halogens is 1. The molecule has 0 aliphatic carbocycles. The monoisotopic (exact) mass is 366 g/mol. The lowest BCUT2D eigenvalue weighted by Crippen LogP contribution is -2.45. The van der Waals surface area contributed by atoms with Crippen LogP contribution in [0.2, 0.25) is 0 Å². The first kappa shape index (κ1) is 15.4. The summed E-state index contributed by atoms with van der Waals surface area (Å²) in [5.74, 6) is 0.630. The van der Waals surface area contributed by atoms with Crippen molar-refractivity contribution in [3.8, 4) is 0 Å². The summed E-state index contributed by atoms with van der Waals surface area (Å²) < 4.78 is 29.0. The Hall–Kier alpha value is 0.0500. The Morgan fingerprint density at radius 2 is 2.11 bits per heavy atom. The van der Waals surface area contributed by atoms with E-state index in [-0.39, 0.29) is 0 Å². The maximum absolute atomic E-state index is 12.4. The highest BCUT2D eigenvalue weighted by Gasteiger charge is 2.30. The van der Waals surface area contributed by atoms with Gasteiger partial charge in [0.15, 0.2) is 0 Å². The zero-order chi connectivity index (χ0) is 14.0. The molecular formula is C12H19BrN2O2S2. The topological polar surface area (TPSA) is 40.6 Å². The van der Waals surface area contributed by atoms with Crippen molar-refractivity contribution in [3.05, 3.63) is 20.8 Å². The van der Waals surface area contributed by atoms with Gasteiger partial charge in [-0.25, -0.2) is 0 Å². The molecule has 1 saturated heterocycles. The molecule has 0 radical (unpaired) electrons. The third-order valence-corrected chi connectivity index (χ3v) is 7.08. The summed E-state index contributed by atoms with van der Waals surface area (Å²) in [5.41, 5.74) is 0. The summed E-state index contributed by atoms with van der Waals surface area (Å²) in [6.45, 7) is 3.89. The third kappa shape index (κ3) is 3.78. The fraction of sp³-hybridized carbons (Fsp3) is 0.667. The highest BCUT2D eigenvalue weighted by Crippen LogP contribution is 2.24. The van der Waals surface area contributed by atoms with Gasteiger partial charge in [0.05, 0.1) is 0 Å². The lowest BCUT2D eigenvalue weighted by Gasteiger charge is -2.32. The maximum atomic E-state index is 12.4. The van der Waals surface area contributed by atoms with E-state index in [0.717, 1.165) is 22.2 Å². The average Bonchev–Trinajstić information content (AvgIpc) is 2.75. The van der Waals surface area contributed by atoms with Gasteiger partial charge in [0.1, 0.15) is 0 Å². The zero-order valence-electron chi connectivity index (χ0n) is 11.2. The summed E-state index contributed by atoms with van der Waals surface area (Å²) in [6, 6.07) is 1.97. The molecule has 4 nitrogen and oxygen atoms in total. The van der Waals surface area contributed by atoms with Crippen molar-refractivity contribution in [2.75, 3.05) is 20.1 Å². The van der Waals surface area contributed by atoms with E-state index in [9.17, 15) is 8.42 Å². The fourth-order valence-corrected chi connectivity index (χ4v) is 5.10. The van der Waals surface area contributed by atoms with E-state index in [1.165, 1.54) is 4.31 Å². The second-order valence-corrected chi connectivity index (χ2v) is 9.02. The minimum Gasteiger partial charge on any atom is -0.195 e. The number of thiophene rings is 1. The predicted molar refractivity (Wildman–Crippen MR) is 82.4 cm³/mol. The van der Waals surface area contributed by atoms with E-state index in [0.29, 0.717) is 25.6 Å². The maximum Gasteiger partial charge on any atom is 0.282 e. The molecule has 0 saturated carbocycles. The molecule has 0 N–H and O–H groups in total. The quantitative estimate of drug-likeness (QED) is 0.821. The first-order chi connectivity index (χ1) is 8.89. The van der Waals surface area contributed by atoms with Crippen LogP contribution >= 0.6 is 27.3 Å². The number of rotatable bonds is 4. The SMILES string of the molecule is CC1CCN(S(=O)(=O)N(C)Cc2cc(Br)cs2)CC1. The molecule has 1 aromatic heterocycles. The number of piperidine rings is 1. The van der Waals surface area contributed by atoms with Gasteiger partial charge in [-0.1, -0.05) is 6.92 Å². The molecule has 0 atom stereocenters. The number of hydrogen-bond donors (Lipinski definition) is 0. The van der Waals surface area contributed by atoms with Crippen LogP contribution in [0.25, 0.3) is 0 Å². The molecule has 0 bridgehead atoms. The molecule has 0 aromatic carbocycles. The standard InChI is InChI=1S/C12H19BrN2O2S2/c1-10-3-5-15(6-4-10)19(16,17)14(2)8-12-7-11(13)9-18-12/h7,9-10H,3-6,8H2,1-2H3. The van der Waals surface area contributed by atoms with Crippen molar-refractivity contribution in [1.29, 1.82) is 0 Å². The normalized spacial score (nSPS) is 19.2. The van der Waals surface area contributed by atoms with Gasteiger partial charge < -0.3 is 0 Å². The second kappa shape index (κ2) is 6.22. The van der Waals surface area contributed by atoms with E-state index >= 15 is 0 Å². The molecule has 19 heavy (non-hydrogen) atoms. The Morgan fingerprint density at radius 1 is 1.47 bits per heavy atom. The summed E-state index contributed by atoms with van der Waals surface area (Å²) in [5, 5.41) is 1.97. The van der Waals surface area contributed by atoms with Crippen LogP contribution in [0.15, 0.2) is 15.9 Å². The van der Waals surface area contributed by atoms with Crippen molar-refractivity contribution >= 4 is 37.5 Å². The van der Waals surface area contributed by atoms with E-state index < -0.39 is 10.2 Å². The Labute approximate surface area is 127 Å². The lowest BCUT2D eigenvalue weighted by molar-refractivity contribution is 0.270. The van der Waals surface area contributed by atoms with Crippen molar-refractivity contribution < 1.29 is 8.42 Å². The van der Waals surface area contributed by atoms with Gasteiger partial charge in [0.25, 0.3) is 10.2 Å². The van der Waals surface area contributed by atoms with Crippen LogP contribution in [0.5, 0.6) is 0 Å². The van der Waals surface area contributed by atoms with Crippen molar-refractivity contribution in [3.63, 3.8) is 0 Å². The Morgan fingerprint density at radius 3 is 2.63 bits per heavy atom. The Balaban J connectivity index is 2.02. The van der Waals surface area contributed by atoms with Gasteiger partial charge in [-0.15, -0.1) is 11.3 Å². The Bertz CT molecular complexity index is 522. The molecule has 2 rings (SSSR count). The highest BCUT2D eigenvalue weighted by atomic mass is 79.9. The van der Waals surface area contributed by atoms with Gasteiger partial charge in [0.2, 0.25) is 0 Å². The molecule has 2 heterocycles. The molecule has 108 valence electrons. The van der Waals surface area contributed by atoms with Crippen LogP contribution in [-0.4, -0.2) is 37.2 Å². The van der Waals surface area contributed by atoms with Gasteiger partial charge >= 0.3 is 0 Å². The molecule has 1 aromatic rings. The molecule has 1 fully saturated rings. The van der Waals surface area contributed by atoms with Crippen molar-refractivity contribution in [1.82, 2.24) is 8.61 Å². The number of hydrogen-bond acceptors (Lipinski definition) is 3. The molecule has 7 heteroatoms. The zero-order valence-corrected chi connectivity index (χ0v) is 14.4. The first-order valence-electron chi connectivity index (χ1n) is 6.34. The lowest BCUT2D eigenvalue weighted by atomic mass is 10.0. The minimum absolute atomic E-state index is 0.435. The summed E-state index contributed by atoms with van der Waals surface area (Å²) >= 11 is 4.96. The minimum atomic E-state index is -3.32. The summed E-state index contributed by atoms with van der Waals surface area (Å²) in [6.07, 6.45) is 1.91. The molecule has 1 aliphatic heterocycles. The van der Waals surface area contributed by atoms with Crippen LogP contribution in [0.1, 0.15) is 24.6 Å². The van der Waals surface area contributed by atoms with E-state index in [2.05, 4.69) is 22.9 Å². The smallest absolute Gasteiger partial charge is 0.195 e. The number of nitrogens with zero attached hydrogens (tertiary/aromatic N) is 2. The van der Waals surface area contributed by atoms with Crippen LogP contribution in [-0.2, 0) is 16.8 Å². The first-order valence-corrected chi connectivity index (χ1v) is 9.41.